The first-order valence-electron chi connectivity index (χ1n) is 10.8. The molecule has 158 valence electrons. The fourth-order valence-corrected chi connectivity index (χ4v) is 4.20. The number of ketones is 1. The molecule has 0 radical (unpaired) electrons. The van der Waals surface area contributed by atoms with Gasteiger partial charge in [0.1, 0.15) is 0 Å². The van der Waals surface area contributed by atoms with Gasteiger partial charge >= 0.3 is 0 Å². The second-order valence-corrected chi connectivity index (χ2v) is 8.28. The number of nitrogens with one attached hydrogen (secondary N) is 1. The van der Waals surface area contributed by atoms with E-state index in [9.17, 15) is 9.59 Å². The topological polar surface area (TPSA) is 49.4 Å². The smallest absolute Gasteiger partial charge is 0.241 e. The Balaban J connectivity index is 1.50. The molecule has 0 aliphatic carbocycles. The number of carbonyl (C=O) groups is 2. The van der Waals surface area contributed by atoms with Crippen LogP contribution in [0, 0.1) is 13.8 Å². The highest BCUT2D eigenvalue weighted by Gasteiger charge is 2.31. The van der Waals surface area contributed by atoms with E-state index in [1.807, 2.05) is 30.3 Å². The number of anilines is 1. The van der Waals surface area contributed by atoms with Crippen LogP contribution in [0.2, 0.25) is 0 Å². The minimum atomic E-state index is -0.193. The molecule has 0 bridgehead atoms. The fourth-order valence-electron chi connectivity index (χ4n) is 4.20. The van der Waals surface area contributed by atoms with Crippen LogP contribution in [0.3, 0.4) is 0 Å². The number of aryl methyl sites for hydroxylation is 2. The second-order valence-electron chi connectivity index (χ2n) is 8.28. The van der Waals surface area contributed by atoms with Crippen molar-refractivity contribution >= 4 is 17.4 Å². The molecular formula is C27H28N2O2. The summed E-state index contributed by atoms with van der Waals surface area (Å²) in [5, 5.41) is 3.04. The van der Waals surface area contributed by atoms with E-state index >= 15 is 0 Å². The van der Waals surface area contributed by atoms with Gasteiger partial charge in [-0.1, -0.05) is 60.7 Å². The molecule has 1 atom stereocenters. The molecule has 1 aliphatic rings. The highest BCUT2D eigenvalue weighted by molar-refractivity contribution is 6.14. The first kappa shape index (κ1) is 21.0. The number of carbonyl (C=O) groups excluding carboxylic acids is 2. The minimum absolute atomic E-state index is 0.0466. The van der Waals surface area contributed by atoms with E-state index in [0.29, 0.717) is 16.8 Å². The van der Waals surface area contributed by atoms with Gasteiger partial charge in [-0.3, -0.25) is 14.5 Å². The molecule has 0 aromatic heterocycles. The van der Waals surface area contributed by atoms with Crippen molar-refractivity contribution in [2.75, 3.05) is 11.9 Å². The molecule has 1 aliphatic heterocycles. The molecule has 4 rings (SSSR count). The summed E-state index contributed by atoms with van der Waals surface area (Å²) in [4.78, 5) is 28.4. The van der Waals surface area contributed by atoms with Gasteiger partial charge in [-0.25, -0.2) is 0 Å². The number of hydrogen-bond donors (Lipinski definition) is 1. The van der Waals surface area contributed by atoms with E-state index in [1.165, 1.54) is 16.7 Å². The number of rotatable bonds is 6. The van der Waals surface area contributed by atoms with E-state index in [2.05, 4.69) is 42.3 Å². The number of benzene rings is 3. The first-order valence-corrected chi connectivity index (χ1v) is 10.8. The Morgan fingerprint density at radius 2 is 1.68 bits per heavy atom. The van der Waals surface area contributed by atoms with Crippen molar-refractivity contribution < 1.29 is 9.59 Å². The van der Waals surface area contributed by atoms with Crippen LogP contribution >= 0.6 is 0 Å². The molecule has 1 saturated heterocycles. The van der Waals surface area contributed by atoms with Crippen molar-refractivity contribution in [2.45, 2.75) is 39.3 Å². The lowest BCUT2D eigenvalue weighted by Crippen LogP contribution is -2.39. The second kappa shape index (κ2) is 9.27. The summed E-state index contributed by atoms with van der Waals surface area (Å²) in [6.45, 7) is 5.88. The number of amides is 1. The molecule has 31 heavy (non-hydrogen) atoms. The van der Waals surface area contributed by atoms with E-state index in [0.717, 1.165) is 25.9 Å². The Kier molecular flexibility index (Phi) is 6.28. The zero-order valence-electron chi connectivity index (χ0n) is 18.1. The molecular weight excluding hydrogens is 384 g/mol. The molecule has 4 nitrogen and oxygen atoms in total. The lowest BCUT2D eigenvalue weighted by molar-refractivity contribution is -0.120. The summed E-state index contributed by atoms with van der Waals surface area (Å²) >= 11 is 0. The van der Waals surface area contributed by atoms with Crippen molar-refractivity contribution in [1.29, 1.82) is 0 Å². The molecule has 3 aromatic carbocycles. The van der Waals surface area contributed by atoms with Gasteiger partial charge in [0, 0.05) is 17.7 Å². The molecule has 1 amide bonds. The third kappa shape index (κ3) is 4.75. The van der Waals surface area contributed by atoms with Crippen molar-refractivity contribution in [1.82, 2.24) is 4.90 Å². The van der Waals surface area contributed by atoms with Gasteiger partial charge < -0.3 is 5.32 Å². The first-order chi connectivity index (χ1) is 15.0. The molecule has 0 spiro atoms. The molecule has 1 N–H and O–H groups in total. The Labute approximate surface area is 183 Å². The number of nitrogens with zero attached hydrogens (tertiary/aromatic N) is 1. The van der Waals surface area contributed by atoms with Gasteiger partial charge in [-0.05, 0) is 62.1 Å². The molecule has 3 aromatic rings. The van der Waals surface area contributed by atoms with Crippen LogP contribution in [-0.4, -0.2) is 29.2 Å². The SMILES string of the molecule is Cc1ccc(CN2CCC[C@H]2C(=O)Nc2ccccc2C(=O)c2ccccc2)cc1C. The van der Waals surface area contributed by atoms with Crippen LogP contribution in [0.15, 0.2) is 72.8 Å². The predicted molar refractivity (Wildman–Crippen MR) is 124 cm³/mol. The maximum atomic E-state index is 13.2. The van der Waals surface area contributed by atoms with Crippen LogP contribution in [-0.2, 0) is 11.3 Å². The Hall–Kier alpha value is -3.24. The minimum Gasteiger partial charge on any atom is -0.324 e. The standard InChI is InChI=1S/C27H28N2O2/c1-19-14-15-21(17-20(19)2)18-29-16-8-13-25(29)27(31)28-24-12-7-6-11-23(24)26(30)22-9-4-3-5-10-22/h3-7,9-12,14-15,17,25H,8,13,16,18H2,1-2H3,(H,28,31)/t25-/m0/s1. The monoisotopic (exact) mass is 412 g/mol. The Bertz CT molecular complexity index is 1090. The van der Waals surface area contributed by atoms with Gasteiger partial charge in [-0.15, -0.1) is 0 Å². The van der Waals surface area contributed by atoms with Crippen LogP contribution in [0.1, 0.15) is 45.5 Å². The summed E-state index contributed by atoms with van der Waals surface area (Å²) in [6.07, 6.45) is 1.82. The van der Waals surface area contributed by atoms with Crippen LogP contribution in [0.4, 0.5) is 5.69 Å². The number of para-hydroxylation sites is 1. The lowest BCUT2D eigenvalue weighted by atomic mass is 10.0. The van der Waals surface area contributed by atoms with Crippen molar-refractivity contribution in [2.24, 2.45) is 0 Å². The summed E-state index contributed by atoms with van der Waals surface area (Å²) in [6, 6.07) is 22.7. The molecule has 1 fully saturated rings. The van der Waals surface area contributed by atoms with Crippen molar-refractivity contribution in [3.63, 3.8) is 0 Å². The number of likely N-dealkylation sites (tertiary alicyclic amines) is 1. The van der Waals surface area contributed by atoms with Crippen molar-refractivity contribution in [3.05, 3.63) is 101 Å². The average Bonchev–Trinajstić information content (AvgIpc) is 3.25. The Morgan fingerprint density at radius 3 is 2.45 bits per heavy atom. The molecule has 0 unspecified atom stereocenters. The molecule has 1 heterocycles. The lowest BCUT2D eigenvalue weighted by Gasteiger charge is -2.24. The maximum Gasteiger partial charge on any atom is 0.241 e. The van der Waals surface area contributed by atoms with Gasteiger partial charge in [0.05, 0.1) is 11.7 Å². The third-order valence-corrected chi connectivity index (χ3v) is 6.09. The number of hydrogen-bond acceptors (Lipinski definition) is 3. The maximum absolute atomic E-state index is 13.2. The van der Waals surface area contributed by atoms with Crippen LogP contribution in [0.25, 0.3) is 0 Å². The molecule has 4 heteroatoms. The van der Waals surface area contributed by atoms with Gasteiger partial charge in [0.2, 0.25) is 5.91 Å². The summed E-state index contributed by atoms with van der Waals surface area (Å²) < 4.78 is 0. The quantitative estimate of drug-likeness (QED) is 0.571. The zero-order chi connectivity index (χ0) is 21.8. The zero-order valence-corrected chi connectivity index (χ0v) is 18.1. The predicted octanol–water partition coefficient (Wildman–Crippen LogP) is 5.14. The summed E-state index contributed by atoms with van der Waals surface area (Å²) in [5.41, 5.74) is 5.47. The van der Waals surface area contributed by atoms with E-state index in [4.69, 9.17) is 0 Å². The molecule has 0 saturated carbocycles. The summed E-state index contributed by atoms with van der Waals surface area (Å²) in [7, 11) is 0. The highest BCUT2D eigenvalue weighted by Crippen LogP contribution is 2.25. The van der Waals surface area contributed by atoms with E-state index < -0.39 is 0 Å². The van der Waals surface area contributed by atoms with Crippen LogP contribution in [0.5, 0.6) is 0 Å². The largest absolute Gasteiger partial charge is 0.324 e. The van der Waals surface area contributed by atoms with Gasteiger partial charge in [0.25, 0.3) is 0 Å². The van der Waals surface area contributed by atoms with Crippen LogP contribution < -0.4 is 5.32 Å². The van der Waals surface area contributed by atoms with E-state index in [1.54, 1.807) is 24.3 Å². The van der Waals surface area contributed by atoms with Gasteiger partial charge in [-0.2, -0.15) is 0 Å². The summed E-state index contributed by atoms with van der Waals surface area (Å²) in [5.74, 6) is -0.135. The normalized spacial score (nSPS) is 16.3. The average molecular weight is 413 g/mol. The van der Waals surface area contributed by atoms with Gasteiger partial charge in [0.15, 0.2) is 5.78 Å². The Morgan fingerprint density at radius 1 is 0.935 bits per heavy atom. The third-order valence-electron chi connectivity index (χ3n) is 6.09. The van der Waals surface area contributed by atoms with Crippen molar-refractivity contribution in [3.8, 4) is 0 Å². The highest BCUT2D eigenvalue weighted by atomic mass is 16.2. The van der Waals surface area contributed by atoms with E-state index in [-0.39, 0.29) is 17.7 Å². The fraction of sp³-hybridized carbons (Fsp3) is 0.259.